The molecule has 0 spiro atoms. The molecule has 5 heteroatoms. The van der Waals surface area contributed by atoms with Crippen molar-refractivity contribution >= 4 is 28.6 Å². The fourth-order valence-electron chi connectivity index (χ4n) is 2.20. The Morgan fingerprint density at radius 3 is 2.68 bits per heavy atom. The van der Waals surface area contributed by atoms with E-state index in [0.717, 1.165) is 34.0 Å². The van der Waals surface area contributed by atoms with Crippen LogP contribution in [-0.4, -0.2) is 17.6 Å². The molecule has 0 aliphatic heterocycles. The minimum Gasteiger partial charge on any atom is -0.461 e. The van der Waals surface area contributed by atoms with Gasteiger partial charge in [0.1, 0.15) is 5.01 Å². The first-order chi connectivity index (χ1) is 10.5. The zero-order chi connectivity index (χ0) is 16.1. The molecule has 2 heterocycles. The summed E-state index contributed by atoms with van der Waals surface area (Å²) in [5.41, 5.74) is 0.501. The van der Waals surface area contributed by atoms with Crippen molar-refractivity contribution in [2.24, 2.45) is 5.92 Å². The van der Waals surface area contributed by atoms with Crippen LogP contribution in [0.4, 0.5) is 0 Å². The molecule has 2 aromatic heterocycles. The highest BCUT2D eigenvalue weighted by Gasteiger charge is 2.21. The normalized spacial score (nSPS) is 11.1. The van der Waals surface area contributed by atoms with Gasteiger partial charge in [-0.25, -0.2) is 9.78 Å². The molecule has 0 amide bonds. The molecule has 120 valence electrons. The second-order valence-corrected chi connectivity index (χ2v) is 7.88. The van der Waals surface area contributed by atoms with Gasteiger partial charge < -0.3 is 4.74 Å². The monoisotopic (exact) mass is 337 g/mol. The Hall–Kier alpha value is -1.20. The molecule has 0 N–H and O–H groups in total. The fraction of sp³-hybridized carbons (Fsp3) is 0.529. The minimum absolute atomic E-state index is 0.300. The van der Waals surface area contributed by atoms with E-state index in [1.165, 1.54) is 4.88 Å². The number of esters is 1. The Morgan fingerprint density at radius 1 is 1.27 bits per heavy atom. The summed E-state index contributed by atoms with van der Waals surface area (Å²) in [6, 6.07) is 4.28. The molecule has 0 saturated heterocycles. The molecule has 0 bridgehead atoms. The molecule has 2 rings (SSSR count). The van der Waals surface area contributed by atoms with Crippen LogP contribution in [0.1, 0.15) is 54.4 Å². The molecule has 0 aromatic carbocycles. The lowest BCUT2D eigenvalue weighted by molar-refractivity contribution is 0.0519. The quantitative estimate of drug-likeness (QED) is 0.652. The van der Waals surface area contributed by atoms with E-state index in [9.17, 15) is 4.79 Å². The molecule has 0 atom stereocenters. The maximum Gasteiger partial charge on any atom is 0.358 e. The third kappa shape index (κ3) is 4.17. The zero-order valence-electron chi connectivity index (χ0n) is 13.6. The van der Waals surface area contributed by atoms with Gasteiger partial charge in [-0.2, -0.15) is 0 Å². The molecule has 3 nitrogen and oxygen atoms in total. The number of carbonyl (C=O) groups excluding carboxylic acids is 1. The van der Waals surface area contributed by atoms with Gasteiger partial charge in [-0.3, -0.25) is 0 Å². The van der Waals surface area contributed by atoms with Crippen molar-refractivity contribution in [2.45, 2.75) is 47.0 Å². The van der Waals surface area contributed by atoms with Crippen molar-refractivity contribution in [1.82, 2.24) is 4.98 Å². The van der Waals surface area contributed by atoms with Gasteiger partial charge in [-0.1, -0.05) is 27.2 Å². The standard InChI is InChI=1S/C17H23NO2S2/c1-5-7-12-8-9-13(21-12)16-18-15(17(19)20-6-2)14(22-16)10-11(3)4/h8-9,11H,5-7,10H2,1-4H3. The topological polar surface area (TPSA) is 39.2 Å². The summed E-state index contributed by atoms with van der Waals surface area (Å²) < 4.78 is 5.15. The van der Waals surface area contributed by atoms with Gasteiger partial charge in [-0.15, -0.1) is 22.7 Å². The summed E-state index contributed by atoms with van der Waals surface area (Å²) in [6.45, 7) is 8.69. The minimum atomic E-state index is -0.300. The highest BCUT2D eigenvalue weighted by atomic mass is 32.1. The number of aryl methyl sites for hydroxylation is 1. The number of rotatable bonds is 7. The fourth-order valence-corrected chi connectivity index (χ4v) is 4.62. The number of carbonyl (C=O) groups is 1. The van der Waals surface area contributed by atoms with Crippen molar-refractivity contribution in [3.05, 3.63) is 27.6 Å². The van der Waals surface area contributed by atoms with Gasteiger partial charge in [0, 0.05) is 9.75 Å². The molecule has 22 heavy (non-hydrogen) atoms. The van der Waals surface area contributed by atoms with E-state index in [2.05, 4.69) is 37.9 Å². The third-order valence-electron chi connectivity index (χ3n) is 3.13. The number of aromatic nitrogens is 1. The predicted molar refractivity (Wildman–Crippen MR) is 93.9 cm³/mol. The van der Waals surface area contributed by atoms with E-state index in [4.69, 9.17) is 4.74 Å². The highest BCUT2D eigenvalue weighted by molar-refractivity contribution is 7.22. The molecule has 0 aliphatic carbocycles. The van der Waals surface area contributed by atoms with Gasteiger partial charge in [0.05, 0.1) is 11.5 Å². The molecule has 0 fully saturated rings. The lowest BCUT2D eigenvalue weighted by atomic mass is 10.1. The molecule has 2 aromatic rings. The van der Waals surface area contributed by atoms with E-state index in [1.54, 1.807) is 22.7 Å². The molecular formula is C17H23NO2S2. The van der Waals surface area contributed by atoms with Crippen LogP contribution in [-0.2, 0) is 17.6 Å². The van der Waals surface area contributed by atoms with E-state index in [-0.39, 0.29) is 5.97 Å². The number of thiophene rings is 1. The first-order valence-corrected chi connectivity index (χ1v) is 9.44. The van der Waals surface area contributed by atoms with E-state index < -0.39 is 0 Å². The molecule has 0 radical (unpaired) electrons. The van der Waals surface area contributed by atoms with E-state index in [0.29, 0.717) is 18.2 Å². The Bertz CT molecular complexity index is 628. The van der Waals surface area contributed by atoms with Crippen molar-refractivity contribution in [3.63, 3.8) is 0 Å². The molecule has 0 aliphatic rings. The van der Waals surface area contributed by atoms with Gasteiger partial charge in [0.25, 0.3) is 0 Å². The lowest BCUT2D eigenvalue weighted by Gasteiger charge is -2.04. The van der Waals surface area contributed by atoms with Crippen LogP contribution in [0, 0.1) is 5.92 Å². The van der Waals surface area contributed by atoms with Crippen LogP contribution in [0.2, 0.25) is 0 Å². The summed E-state index contributed by atoms with van der Waals surface area (Å²) in [5, 5.41) is 0.936. The smallest absolute Gasteiger partial charge is 0.358 e. The van der Waals surface area contributed by atoms with Crippen molar-refractivity contribution in [3.8, 4) is 9.88 Å². The Labute approximate surface area is 140 Å². The first-order valence-electron chi connectivity index (χ1n) is 7.81. The number of hydrogen-bond acceptors (Lipinski definition) is 5. The van der Waals surface area contributed by atoms with Crippen LogP contribution < -0.4 is 0 Å². The summed E-state index contributed by atoms with van der Waals surface area (Å²) in [5.74, 6) is 0.187. The number of ether oxygens (including phenoxy) is 1. The van der Waals surface area contributed by atoms with Crippen LogP contribution >= 0.6 is 22.7 Å². The van der Waals surface area contributed by atoms with Gasteiger partial charge in [-0.05, 0) is 37.8 Å². The van der Waals surface area contributed by atoms with Crippen LogP contribution in [0.3, 0.4) is 0 Å². The second-order valence-electron chi connectivity index (χ2n) is 5.63. The van der Waals surface area contributed by atoms with Gasteiger partial charge in [0.15, 0.2) is 5.69 Å². The number of thiazole rings is 1. The van der Waals surface area contributed by atoms with Crippen molar-refractivity contribution in [2.75, 3.05) is 6.61 Å². The SMILES string of the molecule is CCCc1ccc(-c2nc(C(=O)OCC)c(CC(C)C)s2)s1. The van der Waals surface area contributed by atoms with Crippen molar-refractivity contribution < 1.29 is 9.53 Å². The second kappa shape index (κ2) is 7.88. The summed E-state index contributed by atoms with van der Waals surface area (Å²) in [7, 11) is 0. The average Bonchev–Trinajstić information content (AvgIpc) is 3.05. The molecule has 0 saturated carbocycles. The lowest BCUT2D eigenvalue weighted by Crippen LogP contribution is -2.08. The average molecular weight is 338 g/mol. The van der Waals surface area contributed by atoms with Crippen LogP contribution in [0.5, 0.6) is 0 Å². The summed E-state index contributed by atoms with van der Waals surface area (Å²) in [4.78, 5) is 20.3. The summed E-state index contributed by atoms with van der Waals surface area (Å²) >= 11 is 3.40. The molecular weight excluding hydrogens is 314 g/mol. The maximum absolute atomic E-state index is 12.1. The summed E-state index contributed by atoms with van der Waals surface area (Å²) in [6.07, 6.45) is 3.10. The Balaban J connectivity index is 2.33. The van der Waals surface area contributed by atoms with E-state index in [1.807, 2.05) is 6.92 Å². The maximum atomic E-state index is 12.1. The third-order valence-corrected chi connectivity index (χ3v) is 5.52. The first kappa shape index (κ1) is 17.2. The Morgan fingerprint density at radius 2 is 2.05 bits per heavy atom. The van der Waals surface area contributed by atoms with Crippen LogP contribution in [0.25, 0.3) is 9.88 Å². The zero-order valence-corrected chi connectivity index (χ0v) is 15.3. The van der Waals surface area contributed by atoms with Gasteiger partial charge in [0.2, 0.25) is 0 Å². The van der Waals surface area contributed by atoms with Crippen LogP contribution in [0.15, 0.2) is 12.1 Å². The number of hydrogen-bond donors (Lipinski definition) is 0. The van der Waals surface area contributed by atoms with E-state index >= 15 is 0 Å². The highest BCUT2D eigenvalue weighted by Crippen LogP contribution is 2.35. The number of nitrogens with zero attached hydrogens (tertiary/aromatic N) is 1. The Kier molecular flexibility index (Phi) is 6.15. The largest absolute Gasteiger partial charge is 0.461 e. The van der Waals surface area contributed by atoms with Crippen molar-refractivity contribution in [1.29, 1.82) is 0 Å². The molecule has 0 unspecified atom stereocenters. The van der Waals surface area contributed by atoms with Gasteiger partial charge >= 0.3 is 5.97 Å². The predicted octanol–water partition coefficient (Wildman–Crippen LogP) is 5.20.